The van der Waals surface area contributed by atoms with Gasteiger partial charge in [-0.25, -0.2) is 8.42 Å². The molecule has 1 N–H and O–H groups in total. The van der Waals surface area contributed by atoms with Crippen LogP contribution in [0.25, 0.3) is 0 Å². The molecular formula is C11H16ClN3O4S2. The highest BCUT2D eigenvalue weighted by Gasteiger charge is 2.30. The molecule has 118 valence electrons. The second-order valence-electron chi connectivity index (χ2n) is 4.91. The fourth-order valence-electron chi connectivity index (χ4n) is 2.23. The van der Waals surface area contributed by atoms with E-state index < -0.39 is 14.9 Å². The quantitative estimate of drug-likeness (QED) is 0.646. The van der Waals surface area contributed by atoms with Crippen molar-refractivity contribution >= 4 is 38.6 Å². The summed E-state index contributed by atoms with van der Waals surface area (Å²) in [6.45, 7) is 1.22. The van der Waals surface area contributed by atoms with Crippen molar-refractivity contribution in [2.45, 2.75) is 29.5 Å². The van der Waals surface area contributed by atoms with Gasteiger partial charge in [-0.15, -0.1) is 11.3 Å². The number of hydrogen-bond acceptors (Lipinski definition) is 6. The minimum absolute atomic E-state index is 0.0995. The van der Waals surface area contributed by atoms with Crippen LogP contribution in [0.5, 0.6) is 0 Å². The maximum absolute atomic E-state index is 12.4. The average Bonchev–Trinajstić information content (AvgIpc) is 2.82. The van der Waals surface area contributed by atoms with Gasteiger partial charge in [-0.2, -0.15) is 4.31 Å². The molecule has 0 aliphatic carbocycles. The number of nitrogens with zero attached hydrogens (tertiary/aromatic N) is 2. The second-order valence-corrected chi connectivity index (χ2v) is 8.84. The zero-order valence-corrected chi connectivity index (χ0v) is 13.8. The first kappa shape index (κ1) is 16.6. The Hall–Kier alpha value is -0.740. The van der Waals surface area contributed by atoms with Crippen molar-refractivity contribution in [3.63, 3.8) is 0 Å². The summed E-state index contributed by atoms with van der Waals surface area (Å²) in [6, 6.07) is 1.14. The number of nitrogens with one attached hydrogen (secondary N) is 1. The molecule has 2 rings (SSSR count). The van der Waals surface area contributed by atoms with Crippen molar-refractivity contribution in [1.82, 2.24) is 9.62 Å². The van der Waals surface area contributed by atoms with Gasteiger partial charge in [0.15, 0.2) is 4.34 Å². The van der Waals surface area contributed by atoms with E-state index in [0.717, 1.165) is 31.9 Å². The van der Waals surface area contributed by atoms with E-state index in [0.29, 0.717) is 17.9 Å². The van der Waals surface area contributed by atoms with Gasteiger partial charge in [0.1, 0.15) is 4.21 Å². The van der Waals surface area contributed by atoms with Gasteiger partial charge in [0.2, 0.25) is 0 Å². The lowest BCUT2D eigenvalue weighted by Gasteiger charge is -2.27. The highest BCUT2D eigenvalue weighted by Crippen LogP contribution is 2.37. The molecule has 0 aromatic carbocycles. The normalized spacial score (nSPS) is 19.9. The smallest absolute Gasteiger partial charge is 0.300 e. The molecule has 1 aromatic rings. The molecule has 1 aliphatic rings. The monoisotopic (exact) mass is 353 g/mol. The Kier molecular flexibility index (Phi) is 5.20. The minimum atomic E-state index is -3.75. The number of halogens is 1. The Labute approximate surface area is 132 Å². The Morgan fingerprint density at radius 3 is 2.81 bits per heavy atom. The summed E-state index contributed by atoms with van der Waals surface area (Å²) < 4.78 is 25.8. The van der Waals surface area contributed by atoms with E-state index in [-0.39, 0.29) is 20.3 Å². The molecule has 1 saturated heterocycles. The maximum atomic E-state index is 12.4. The van der Waals surface area contributed by atoms with Crippen LogP contribution >= 0.6 is 22.9 Å². The lowest BCUT2D eigenvalue weighted by atomic mass is 10.1. The second kappa shape index (κ2) is 6.57. The number of piperidine rings is 1. The van der Waals surface area contributed by atoms with Crippen LogP contribution in [0.4, 0.5) is 5.69 Å². The van der Waals surface area contributed by atoms with Gasteiger partial charge in [-0.1, -0.05) is 18.0 Å². The van der Waals surface area contributed by atoms with E-state index >= 15 is 0 Å². The van der Waals surface area contributed by atoms with Crippen molar-refractivity contribution in [3.8, 4) is 0 Å². The van der Waals surface area contributed by atoms with Crippen LogP contribution in [0.3, 0.4) is 0 Å². The van der Waals surface area contributed by atoms with Crippen LogP contribution in [0.2, 0.25) is 4.34 Å². The van der Waals surface area contributed by atoms with Crippen molar-refractivity contribution < 1.29 is 13.3 Å². The third kappa shape index (κ3) is 3.72. The molecule has 1 atom stereocenters. The first-order valence-electron chi connectivity index (χ1n) is 6.46. The predicted octanol–water partition coefficient (Wildman–Crippen LogP) is 2.07. The lowest BCUT2D eigenvalue weighted by Crippen LogP contribution is -2.44. The predicted molar refractivity (Wildman–Crippen MR) is 81.4 cm³/mol. The zero-order chi connectivity index (χ0) is 15.6. The average molecular weight is 354 g/mol. The maximum Gasteiger partial charge on any atom is 0.300 e. The van der Waals surface area contributed by atoms with Crippen LogP contribution in [0.15, 0.2) is 10.3 Å². The highest BCUT2D eigenvalue weighted by molar-refractivity contribution is 7.91. The fraction of sp³-hybridized carbons (Fsp3) is 0.636. The van der Waals surface area contributed by atoms with Gasteiger partial charge in [0, 0.05) is 25.7 Å². The van der Waals surface area contributed by atoms with Crippen LogP contribution in [0, 0.1) is 10.1 Å². The molecule has 0 bridgehead atoms. The summed E-state index contributed by atoms with van der Waals surface area (Å²) in [5, 5.41) is 14.0. The van der Waals surface area contributed by atoms with Gasteiger partial charge in [-0.05, 0) is 19.4 Å². The molecule has 21 heavy (non-hydrogen) atoms. The van der Waals surface area contributed by atoms with Crippen LogP contribution in [-0.2, 0) is 10.0 Å². The zero-order valence-electron chi connectivity index (χ0n) is 11.4. The molecule has 0 amide bonds. The molecule has 10 heteroatoms. The third-order valence-corrected chi connectivity index (χ3v) is 7.01. The number of thiophene rings is 1. The molecule has 1 unspecified atom stereocenters. The molecule has 1 fully saturated rings. The Morgan fingerprint density at radius 2 is 2.29 bits per heavy atom. The summed E-state index contributed by atoms with van der Waals surface area (Å²) in [6.07, 6.45) is 3.09. The minimum Gasteiger partial charge on any atom is -0.313 e. The summed E-state index contributed by atoms with van der Waals surface area (Å²) in [4.78, 5) is 10.1. The first-order valence-corrected chi connectivity index (χ1v) is 9.09. The van der Waals surface area contributed by atoms with Gasteiger partial charge in [-0.3, -0.25) is 10.1 Å². The molecule has 1 aromatic heterocycles. The molecule has 7 nitrogen and oxygen atoms in total. The van der Waals surface area contributed by atoms with Crippen LogP contribution in [0.1, 0.15) is 19.3 Å². The Bertz CT molecular complexity index is 625. The van der Waals surface area contributed by atoms with Gasteiger partial charge in [0.05, 0.1) is 4.92 Å². The number of sulfonamides is 1. The third-order valence-electron chi connectivity index (χ3n) is 3.40. The van der Waals surface area contributed by atoms with Gasteiger partial charge >= 0.3 is 0 Å². The SMILES string of the molecule is CN(CC1CCCCN1)S(=O)(=O)c1cc([N+](=O)[O-])c(Cl)s1. The number of likely N-dealkylation sites (N-methyl/N-ethyl adjacent to an activating group) is 1. The van der Waals surface area contributed by atoms with Gasteiger partial charge in [0.25, 0.3) is 15.7 Å². The van der Waals surface area contributed by atoms with Gasteiger partial charge < -0.3 is 5.32 Å². The summed E-state index contributed by atoms with van der Waals surface area (Å²) in [5.41, 5.74) is -0.371. The van der Waals surface area contributed by atoms with E-state index in [1.165, 1.54) is 11.4 Å². The largest absolute Gasteiger partial charge is 0.313 e. The molecule has 2 heterocycles. The van der Waals surface area contributed by atoms with Crippen molar-refractivity contribution in [3.05, 3.63) is 20.5 Å². The topological polar surface area (TPSA) is 92.6 Å². The Balaban J connectivity index is 2.16. The van der Waals surface area contributed by atoms with Crippen LogP contribution < -0.4 is 5.32 Å². The van der Waals surface area contributed by atoms with Crippen molar-refractivity contribution in [2.75, 3.05) is 20.1 Å². The highest BCUT2D eigenvalue weighted by atomic mass is 35.5. The Morgan fingerprint density at radius 1 is 1.57 bits per heavy atom. The fourth-order valence-corrected chi connectivity index (χ4v) is 5.32. The lowest BCUT2D eigenvalue weighted by molar-refractivity contribution is -0.384. The molecule has 0 saturated carbocycles. The summed E-state index contributed by atoms with van der Waals surface area (Å²) in [5.74, 6) is 0. The number of rotatable bonds is 5. The summed E-state index contributed by atoms with van der Waals surface area (Å²) in [7, 11) is -2.27. The standard InChI is InChI=1S/C11H16ClN3O4S2/c1-14(7-8-4-2-3-5-13-8)21(18,19)10-6-9(15(16)17)11(12)20-10/h6,8,13H,2-5,7H2,1H3. The molecular weight excluding hydrogens is 338 g/mol. The first-order chi connectivity index (χ1) is 9.82. The number of nitro groups is 1. The molecule has 0 spiro atoms. The van der Waals surface area contributed by atoms with E-state index in [1.54, 1.807) is 0 Å². The molecule has 0 radical (unpaired) electrons. The van der Waals surface area contributed by atoms with Crippen molar-refractivity contribution in [2.24, 2.45) is 0 Å². The number of hydrogen-bond donors (Lipinski definition) is 1. The van der Waals surface area contributed by atoms with E-state index in [9.17, 15) is 18.5 Å². The summed E-state index contributed by atoms with van der Waals surface area (Å²) >= 11 is 6.44. The van der Waals surface area contributed by atoms with E-state index in [4.69, 9.17) is 11.6 Å². The van der Waals surface area contributed by atoms with E-state index in [2.05, 4.69) is 5.32 Å². The molecule has 1 aliphatic heterocycles. The van der Waals surface area contributed by atoms with Crippen LogP contribution in [-0.4, -0.2) is 43.8 Å². The van der Waals surface area contributed by atoms with Crippen molar-refractivity contribution in [1.29, 1.82) is 0 Å². The van der Waals surface area contributed by atoms with E-state index in [1.807, 2.05) is 0 Å².